The first-order valence-electron chi connectivity index (χ1n) is 9.38. The van der Waals surface area contributed by atoms with Crippen LogP contribution in [-0.2, 0) is 23.9 Å². The number of allylic oxidation sites excluding steroid dienone is 1. The summed E-state index contributed by atoms with van der Waals surface area (Å²) in [5.74, 6) is -2.12. The molecule has 3 rings (SSSR count). The van der Waals surface area contributed by atoms with Crippen LogP contribution in [-0.4, -0.2) is 41.1 Å². The number of carbonyl (C=O) groups is 3. The molecule has 2 aliphatic carbocycles. The normalized spacial score (nSPS) is 45.6. The number of carbonyl (C=O) groups excluding carboxylic acids is 3. The van der Waals surface area contributed by atoms with Crippen molar-refractivity contribution in [3.05, 3.63) is 11.6 Å². The maximum atomic E-state index is 13.0. The minimum Gasteiger partial charge on any atom is -0.462 e. The zero-order chi connectivity index (χ0) is 19.4. The van der Waals surface area contributed by atoms with Crippen LogP contribution >= 0.6 is 0 Å². The highest BCUT2D eigenvalue weighted by Gasteiger charge is 2.66. The molecule has 26 heavy (non-hydrogen) atoms. The summed E-state index contributed by atoms with van der Waals surface area (Å²) in [5, 5.41) is 10.6. The van der Waals surface area contributed by atoms with Crippen molar-refractivity contribution in [2.24, 2.45) is 29.1 Å². The molecule has 0 amide bonds. The van der Waals surface area contributed by atoms with Crippen LogP contribution in [0.1, 0.15) is 47.5 Å². The fourth-order valence-electron chi connectivity index (χ4n) is 5.36. The second kappa shape index (κ2) is 6.48. The number of esters is 2. The average Bonchev–Trinajstić information content (AvgIpc) is 2.94. The lowest BCUT2D eigenvalue weighted by atomic mass is 9.66. The highest BCUT2D eigenvalue weighted by Crippen LogP contribution is 2.56. The molecular formula is C20H28O6. The lowest BCUT2D eigenvalue weighted by Crippen LogP contribution is -2.51. The van der Waals surface area contributed by atoms with E-state index in [2.05, 4.69) is 0 Å². The van der Waals surface area contributed by atoms with E-state index in [0.717, 1.165) is 0 Å². The Bertz CT molecular complexity index is 667. The number of aliphatic hydroxyl groups is 1. The van der Waals surface area contributed by atoms with Crippen molar-refractivity contribution in [2.75, 3.05) is 0 Å². The van der Waals surface area contributed by atoms with Crippen LogP contribution in [0, 0.1) is 29.1 Å². The van der Waals surface area contributed by atoms with Crippen molar-refractivity contribution in [1.82, 2.24) is 0 Å². The Labute approximate surface area is 153 Å². The summed E-state index contributed by atoms with van der Waals surface area (Å²) in [6, 6.07) is 0. The maximum absolute atomic E-state index is 13.0. The molecule has 6 nitrogen and oxygen atoms in total. The molecule has 0 aromatic rings. The van der Waals surface area contributed by atoms with Gasteiger partial charge in [0, 0.05) is 23.8 Å². The van der Waals surface area contributed by atoms with Crippen molar-refractivity contribution in [2.45, 2.75) is 65.8 Å². The molecule has 0 radical (unpaired) electrons. The Hall–Kier alpha value is -1.69. The number of rotatable bonds is 2. The molecule has 2 saturated carbocycles. The highest BCUT2D eigenvalue weighted by atomic mass is 16.6. The predicted molar refractivity (Wildman–Crippen MR) is 92.9 cm³/mol. The van der Waals surface area contributed by atoms with E-state index in [1.165, 1.54) is 0 Å². The number of ether oxygens (including phenoxy) is 2. The van der Waals surface area contributed by atoms with Gasteiger partial charge in [0.1, 0.15) is 18.0 Å². The van der Waals surface area contributed by atoms with Crippen molar-refractivity contribution in [3.8, 4) is 0 Å². The van der Waals surface area contributed by atoms with E-state index < -0.39 is 35.6 Å². The average molecular weight is 364 g/mol. The van der Waals surface area contributed by atoms with E-state index in [-0.39, 0.29) is 35.9 Å². The number of fused-ring (bicyclic) bond motifs is 2. The summed E-state index contributed by atoms with van der Waals surface area (Å²) in [4.78, 5) is 37.7. The van der Waals surface area contributed by atoms with Crippen LogP contribution in [0.25, 0.3) is 0 Å². The van der Waals surface area contributed by atoms with Gasteiger partial charge in [-0.1, -0.05) is 19.9 Å². The largest absolute Gasteiger partial charge is 0.462 e. The molecule has 0 aromatic heterocycles. The summed E-state index contributed by atoms with van der Waals surface area (Å²) >= 11 is 0. The monoisotopic (exact) mass is 364 g/mol. The second-order valence-corrected chi connectivity index (χ2v) is 8.36. The van der Waals surface area contributed by atoms with Crippen molar-refractivity contribution < 1.29 is 29.0 Å². The molecule has 0 bridgehead atoms. The van der Waals surface area contributed by atoms with Crippen LogP contribution in [0.3, 0.4) is 0 Å². The minimum atomic E-state index is -1.02. The molecule has 144 valence electrons. The molecule has 3 aliphatic rings. The van der Waals surface area contributed by atoms with E-state index in [1.807, 2.05) is 6.92 Å². The van der Waals surface area contributed by atoms with Gasteiger partial charge in [-0.2, -0.15) is 0 Å². The van der Waals surface area contributed by atoms with Crippen LogP contribution in [0.5, 0.6) is 0 Å². The smallest absolute Gasteiger partial charge is 0.333 e. The molecule has 1 heterocycles. The zero-order valence-corrected chi connectivity index (χ0v) is 16.0. The summed E-state index contributed by atoms with van der Waals surface area (Å²) < 4.78 is 11.4. The van der Waals surface area contributed by atoms with Crippen LogP contribution < -0.4 is 0 Å². The van der Waals surface area contributed by atoms with Crippen LogP contribution in [0.4, 0.5) is 0 Å². The number of aliphatic hydroxyl groups excluding tert-OH is 1. The number of ketones is 1. The van der Waals surface area contributed by atoms with Crippen LogP contribution in [0.2, 0.25) is 0 Å². The quantitative estimate of drug-likeness (QED) is 0.596. The first-order chi connectivity index (χ1) is 12.1. The number of hydrogen-bond acceptors (Lipinski definition) is 6. The molecule has 6 heteroatoms. The van der Waals surface area contributed by atoms with Gasteiger partial charge in [0.15, 0.2) is 0 Å². The van der Waals surface area contributed by atoms with Gasteiger partial charge in [0.2, 0.25) is 0 Å². The molecule has 0 spiro atoms. The summed E-state index contributed by atoms with van der Waals surface area (Å²) in [7, 11) is 0. The lowest BCUT2D eigenvalue weighted by Gasteiger charge is -2.40. The second-order valence-electron chi connectivity index (χ2n) is 8.36. The fraction of sp³-hybridized carbons (Fsp3) is 0.750. The Balaban J connectivity index is 2.10. The lowest BCUT2D eigenvalue weighted by molar-refractivity contribution is -0.165. The van der Waals surface area contributed by atoms with Gasteiger partial charge < -0.3 is 14.6 Å². The molecule has 3 fully saturated rings. The van der Waals surface area contributed by atoms with Crippen molar-refractivity contribution in [1.29, 1.82) is 0 Å². The van der Waals surface area contributed by atoms with Gasteiger partial charge in [-0.15, -0.1) is 0 Å². The third kappa shape index (κ3) is 2.61. The Kier molecular flexibility index (Phi) is 4.76. The fourth-order valence-corrected chi connectivity index (χ4v) is 5.36. The number of hydrogen-bond donors (Lipinski definition) is 1. The maximum Gasteiger partial charge on any atom is 0.333 e. The standard InChI is InChI=1S/C20H28O6/c1-6-9(2)18(23)26-17-15-11(4)19(24)25-13(15)7-10(3)16-12(21)8-14(22)20(16,17)5/h6,10-13,15-17,21H,7-8H2,1-5H3/b9-6+/t10-,11+,12+,13-,15-,16-,17+,20-/m1/s1. The molecule has 1 N–H and O–H groups in total. The predicted octanol–water partition coefficient (Wildman–Crippen LogP) is 2.04. The minimum absolute atomic E-state index is 0.0291. The SMILES string of the molecule is C/C=C(\C)C(=O)O[C@H]1[C@@H]2[C@H](C)C(=O)O[C@@H]2C[C@@H](C)[C@@H]2[C@@H](O)CC(=O)[C@]21C. The van der Waals surface area contributed by atoms with E-state index in [0.29, 0.717) is 12.0 Å². The summed E-state index contributed by atoms with van der Waals surface area (Å²) in [6.07, 6.45) is 0.306. The van der Waals surface area contributed by atoms with Crippen LogP contribution in [0.15, 0.2) is 11.6 Å². The highest BCUT2D eigenvalue weighted by molar-refractivity contribution is 5.91. The molecule has 0 unspecified atom stereocenters. The first-order valence-corrected chi connectivity index (χ1v) is 9.38. The molecule has 1 aliphatic heterocycles. The van der Waals surface area contributed by atoms with Gasteiger partial charge >= 0.3 is 11.9 Å². The number of Topliss-reactive ketones (excluding diaryl/α,β-unsaturated/α-hetero) is 1. The van der Waals surface area contributed by atoms with Gasteiger partial charge in [0.05, 0.1) is 17.4 Å². The molecule has 1 saturated heterocycles. The Morgan fingerprint density at radius 3 is 2.62 bits per heavy atom. The summed E-state index contributed by atoms with van der Waals surface area (Å²) in [6.45, 7) is 8.92. The molecule has 8 atom stereocenters. The van der Waals surface area contributed by atoms with E-state index >= 15 is 0 Å². The Morgan fingerprint density at radius 1 is 1.35 bits per heavy atom. The van der Waals surface area contributed by atoms with Gasteiger partial charge in [-0.05, 0) is 33.1 Å². The van der Waals surface area contributed by atoms with Gasteiger partial charge in [0.25, 0.3) is 0 Å². The first kappa shape index (κ1) is 19.1. The zero-order valence-electron chi connectivity index (χ0n) is 16.0. The van der Waals surface area contributed by atoms with E-state index in [4.69, 9.17) is 9.47 Å². The Morgan fingerprint density at radius 2 is 2.00 bits per heavy atom. The van der Waals surface area contributed by atoms with Crippen molar-refractivity contribution in [3.63, 3.8) is 0 Å². The van der Waals surface area contributed by atoms with E-state index in [1.54, 1.807) is 33.8 Å². The summed E-state index contributed by atoms with van der Waals surface area (Å²) in [5.41, 5.74) is -0.577. The van der Waals surface area contributed by atoms with Crippen molar-refractivity contribution >= 4 is 17.7 Å². The third-order valence-electron chi connectivity index (χ3n) is 6.90. The third-order valence-corrected chi connectivity index (χ3v) is 6.90. The van der Waals surface area contributed by atoms with E-state index in [9.17, 15) is 19.5 Å². The topological polar surface area (TPSA) is 89.9 Å². The van der Waals surface area contributed by atoms with Gasteiger partial charge in [-0.3, -0.25) is 9.59 Å². The molecule has 0 aromatic carbocycles. The molecular weight excluding hydrogens is 336 g/mol. The van der Waals surface area contributed by atoms with Gasteiger partial charge in [-0.25, -0.2) is 4.79 Å².